The van der Waals surface area contributed by atoms with Crippen molar-refractivity contribution < 1.29 is 19.5 Å². The van der Waals surface area contributed by atoms with Crippen LogP contribution in [0.4, 0.5) is 20.8 Å². The Balaban J connectivity index is 1.76. The molecule has 0 radical (unpaired) electrons. The first-order valence-electron chi connectivity index (χ1n) is 8.48. The Kier molecular flexibility index (Phi) is 6.29. The summed E-state index contributed by atoms with van der Waals surface area (Å²) in [6.07, 6.45) is 0.983. The fourth-order valence-electron chi connectivity index (χ4n) is 2.54. The third-order valence-electron chi connectivity index (χ3n) is 3.85. The summed E-state index contributed by atoms with van der Waals surface area (Å²) < 4.78 is 13.3. The van der Waals surface area contributed by atoms with Gasteiger partial charge in [-0.15, -0.1) is 0 Å². The zero-order valence-corrected chi connectivity index (χ0v) is 15.7. The number of hydrogen-bond donors (Lipinski definition) is 6. The van der Waals surface area contributed by atoms with Gasteiger partial charge in [-0.05, 0) is 30.7 Å². The first-order valence-corrected chi connectivity index (χ1v) is 8.85. The number of hydrogen-bond acceptors (Lipinski definition) is 6. The van der Waals surface area contributed by atoms with Gasteiger partial charge in [-0.3, -0.25) is 0 Å². The maximum atomic E-state index is 13.3. The van der Waals surface area contributed by atoms with E-state index in [4.69, 9.17) is 16.7 Å². The van der Waals surface area contributed by atoms with Gasteiger partial charge in [-0.25, -0.2) is 14.2 Å². The van der Waals surface area contributed by atoms with Crippen molar-refractivity contribution in [3.63, 3.8) is 0 Å². The van der Waals surface area contributed by atoms with Crippen LogP contribution < -0.4 is 16.0 Å². The first kappa shape index (κ1) is 20.1. The number of amidine groups is 1. The van der Waals surface area contributed by atoms with Gasteiger partial charge in [0.2, 0.25) is 5.95 Å². The second-order valence-corrected chi connectivity index (χ2v) is 6.26. The van der Waals surface area contributed by atoms with Crippen molar-refractivity contribution >= 4 is 46.3 Å². The summed E-state index contributed by atoms with van der Waals surface area (Å²) in [7, 11) is 0. The maximum absolute atomic E-state index is 13.3. The van der Waals surface area contributed by atoms with Crippen LogP contribution in [0.15, 0.2) is 35.6 Å². The minimum Gasteiger partial charge on any atom is -0.465 e. The Morgan fingerprint density at radius 2 is 2.14 bits per heavy atom. The van der Waals surface area contributed by atoms with Crippen LogP contribution >= 0.6 is 11.6 Å². The van der Waals surface area contributed by atoms with E-state index in [0.717, 1.165) is 0 Å². The van der Waals surface area contributed by atoms with E-state index < -0.39 is 11.9 Å². The number of fused-ring (bicyclic) bond motifs is 1. The Labute approximate surface area is 168 Å². The highest BCUT2D eigenvalue weighted by Gasteiger charge is 2.14. The number of imidazole rings is 1. The number of anilines is 2. The molecule has 6 N–H and O–H groups in total. The van der Waals surface area contributed by atoms with Crippen molar-refractivity contribution in [2.24, 2.45) is 5.16 Å². The molecule has 3 rings (SSSR count). The number of pyridine rings is 1. The van der Waals surface area contributed by atoms with Crippen LogP contribution in [0.3, 0.4) is 0 Å². The number of amides is 1. The average molecular weight is 422 g/mol. The molecule has 0 unspecified atom stereocenters. The summed E-state index contributed by atoms with van der Waals surface area (Å²) >= 11 is 5.78. The van der Waals surface area contributed by atoms with E-state index in [2.05, 4.69) is 36.1 Å². The van der Waals surface area contributed by atoms with Crippen LogP contribution in [0.5, 0.6) is 0 Å². The van der Waals surface area contributed by atoms with E-state index in [9.17, 15) is 14.4 Å². The summed E-state index contributed by atoms with van der Waals surface area (Å²) in [5, 5.41) is 29.4. The topological polar surface area (TPSA) is 148 Å². The standard InChI is InChI=1S/C17H17ClFN7O3/c18-11-8-9(2-3-12(11)19)23-14(26-29)10-4-7-20-15-13(10)24-16(25-15)21-5-1-6-22-17(27)28/h2-4,7-8,22,29H,1,5-6H2,(H,23,26)(H,27,28)(H2,20,21,24,25). The van der Waals surface area contributed by atoms with E-state index in [-0.39, 0.29) is 10.9 Å². The highest BCUT2D eigenvalue weighted by Crippen LogP contribution is 2.22. The van der Waals surface area contributed by atoms with Crippen molar-refractivity contribution in [1.82, 2.24) is 20.3 Å². The van der Waals surface area contributed by atoms with Crippen LogP contribution in [0.2, 0.25) is 5.02 Å². The number of benzene rings is 1. The Bertz CT molecular complexity index is 1060. The number of nitrogens with one attached hydrogen (secondary N) is 4. The molecule has 29 heavy (non-hydrogen) atoms. The number of aromatic nitrogens is 3. The van der Waals surface area contributed by atoms with Crippen LogP contribution in [0.25, 0.3) is 11.2 Å². The van der Waals surface area contributed by atoms with Crippen molar-refractivity contribution in [1.29, 1.82) is 0 Å². The van der Waals surface area contributed by atoms with Gasteiger partial charge >= 0.3 is 6.09 Å². The fourth-order valence-corrected chi connectivity index (χ4v) is 2.72. The number of carboxylic acid groups (broad SMARTS) is 1. The van der Waals surface area contributed by atoms with Gasteiger partial charge in [0.15, 0.2) is 11.5 Å². The lowest BCUT2D eigenvalue weighted by Gasteiger charge is -2.09. The molecule has 3 aromatic rings. The summed E-state index contributed by atoms with van der Waals surface area (Å²) in [5.41, 5.74) is 1.80. The fraction of sp³-hybridized carbons (Fsp3) is 0.176. The Morgan fingerprint density at radius 1 is 1.31 bits per heavy atom. The quantitative estimate of drug-likeness (QED) is 0.113. The van der Waals surface area contributed by atoms with Crippen LogP contribution in [0.1, 0.15) is 12.0 Å². The molecule has 0 spiro atoms. The molecule has 1 amide bonds. The molecule has 152 valence electrons. The number of carbonyl (C=O) groups is 1. The van der Waals surface area contributed by atoms with Gasteiger partial charge in [0.25, 0.3) is 0 Å². The zero-order valence-electron chi connectivity index (χ0n) is 14.9. The van der Waals surface area contributed by atoms with Crippen molar-refractivity contribution in [2.75, 3.05) is 23.7 Å². The molecule has 0 atom stereocenters. The van der Waals surface area contributed by atoms with Crippen LogP contribution in [-0.4, -0.2) is 50.3 Å². The Morgan fingerprint density at radius 3 is 2.86 bits per heavy atom. The molecule has 0 fully saturated rings. The lowest BCUT2D eigenvalue weighted by Crippen LogP contribution is -2.23. The molecule has 0 aliphatic heterocycles. The lowest BCUT2D eigenvalue weighted by atomic mass is 10.2. The normalized spacial score (nSPS) is 11.4. The minimum absolute atomic E-state index is 0.0717. The molecule has 0 saturated heterocycles. The lowest BCUT2D eigenvalue weighted by molar-refractivity contribution is 0.194. The van der Waals surface area contributed by atoms with E-state index in [1.807, 2.05) is 0 Å². The summed E-state index contributed by atoms with van der Waals surface area (Å²) in [6.45, 7) is 0.778. The smallest absolute Gasteiger partial charge is 0.404 e. The average Bonchev–Trinajstić information content (AvgIpc) is 3.11. The number of aromatic amines is 1. The molecule has 0 saturated carbocycles. The third kappa shape index (κ3) is 5.02. The molecule has 12 heteroatoms. The van der Waals surface area contributed by atoms with Crippen LogP contribution in [-0.2, 0) is 0 Å². The van der Waals surface area contributed by atoms with Gasteiger partial charge in [-0.2, -0.15) is 4.98 Å². The van der Waals surface area contributed by atoms with E-state index >= 15 is 0 Å². The monoisotopic (exact) mass is 421 g/mol. The molecule has 2 heterocycles. The van der Waals surface area contributed by atoms with Crippen molar-refractivity contribution in [3.8, 4) is 0 Å². The molecule has 0 aliphatic carbocycles. The second kappa shape index (κ2) is 9.06. The molecule has 0 bridgehead atoms. The molecule has 1 aromatic carbocycles. The predicted molar refractivity (Wildman–Crippen MR) is 106 cm³/mol. The molecule has 10 nitrogen and oxygen atoms in total. The highest BCUT2D eigenvalue weighted by atomic mass is 35.5. The van der Waals surface area contributed by atoms with Gasteiger partial charge in [0.1, 0.15) is 5.82 Å². The van der Waals surface area contributed by atoms with Crippen LogP contribution in [0, 0.1) is 5.82 Å². The molecule has 2 aromatic heterocycles. The number of oxime groups is 1. The SMILES string of the molecule is O=C(O)NCCCNc1nc2nccc(/C(=N\O)Nc3ccc(F)c(Cl)c3)c2[nH]1. The van der Waals surface area contributed by atoms with Gasteiger partial charge in [0.05, 0.1) is 10.5 Å². The second-order valence-electron chi connectivity index (χ2n) is 5.86. The van der Waals surface area contributed by atoms with Gasteiger partial charge in [0, 0.05) is 30.5 Å². The summed E-state index contributed by atoms with van der Waals surface area (Å²) in [6, 6.07) is 5.63. The van der Waals surface area contributed by atoms with Gasteiger partial charge in [-0.1, -0.05) is 16.8 Å². The number of rotatable bonds is 7. The Hall–Kier alpha value is -3.60. The van der Waals surface area contributed by atoms with Gasteiger partial charge < -0.3 is 31.2 Å². The summed E-state index contributed by atoms with van der Waals surface area (Å²) in [4.78, 5) is 21.9. The van der Waals surface area contributed by atoms with E-state index in [0.29, 0.717) is 47.9 Å². The number of nitrogens with zero attached hydrogens (tertiary/aromatic N) is 3. The first-order chi connectivity index (χ1) is 14.0. The van der Waals surface area contributed by atoms with E-state index in [1.54, 1.807) is 6.07 Å². The van der Waals surface area contributed by atoms with Crippen molar-refractivity contribution in [2.45, 2.75) is 6.42 Å². The highest BCUT2D eigenvalue weighted by molar-refractivity contribution is 6.31. The third-order valence-corrected chi connectivity index (χ3v) is 4.14. The summed E-state index contributed by atoms with van der Waals surface area (Å²) in [5.74, 6) is -0.0489. The molecule has 0 aliphatic rings. The zero-order chi connectivity index (χ0) is 20.8. The predicted octanol–water partition coefficient (Wildman–Crippen LogP) is 3.07. The number of H-pyrrole nitrogens is 1. The van der Waals surface area contributed by atoms with Crippen molar-refractivity contribution in [3.05, 3.63) is 46.9 Å². The minimum atomic E-state index is -1.08. The largest absolute Gasteiger partial charge is 0.465 e. The maximum Gasteiger partial charge on any atom is 0.404 e. The molecular weight excluding hydrogens is 405 g/mol. The molecular formula is C17H17ClFN7O3. The van der Waals surface area contributed by atoms with E-state index in [1.165, 1.54) is 24.4 Å². The number of halogens is 2.